The van der Waals surface area contributed by atoms with Gasteiger partial charge in [-0.05, 0) is 30.2 Å². The van der Waals surface area contributed by atoms with E-state index in [0.717, 1.165) is 11.8 Å². The van der Waals surface area contributed by atoms with E-state index < -0.39 is 35.3 Å². The van der Waals surface area contributed by atoms with E-state index in [9.17, 15) is 18.0 Å². The summed E-state index contributed by atoms with van der Waals surface area (Å²) in [6.07, 6.45) is 2.36. The quantitative estimate of drug-likeness (QED) is 0.686. The molecule has 0 bridgehead atoms. The second kappa shape index (κ2) is 5.84. The first kappa shape index (κ1) is 16.6. The first-order valence-corrected chi connectivity index (χ1v) is 8.05. The Hall–Kier alpha value is -2.87. The molecule has 0 aliphatic heterocycles. The van der Waals surface area contributed by atoms with E-state index in [0.29, 0.717) is 29.4 Å². The van der Waals surface area contributed by atoms with Crippen LogP contribution in [0.25, 0.3) is 5.65 Å². The predicted octanol–water partition coefficient (Wildman–Crippen LogP) is 2.06. The third kappa shape index (κ3) is 2.53. The number of nitrogens with two attached hydrogens (primary N) is 2. The fraction of sp³-hybridized carbons (Fsp3) is 0.222. The van der Waals surface area contributed by atoms with Gasteiger partial charge in [-0.1, -0.05) is 0 Å². The van der Waals surface area contributed by atoms with E-state index in [1.165, 1.54) is 0 Å². The maximum atomic E-state index is 14.2. The Kier molecular flexibility index (Phi) is 3.73. The van der Waals surface area contributed by atoms with Gasteiger partial charge in [0.05, 0.1) is 5.69 Å². The molecule has 4 rings (SSSR count). The van der Waals surface area contributed by atoms with E-state index in [1.807, 2.05) is 0 Å². The smallest absolute Gasteiger partial charge is 0.248 e. The monoisotopic (exact) mass is 360 g/mol. The Morgan fingerprint density at radius 2 is 1.85 bits per heavy atom. The Balaban J connectivity index is 1.78. The zero-order chi connectivity index (χ0) is 18.6. The van der Waals surface area contributed by atoms with Crippen LogP contribution in [0.5, 0.6) is 0 Å². The van der Waals surface area contributed by atoms with Crippen molar-refractivity contribution >= 4 is 11.6 Å². The van der Waals surface area contributed by atoms with Crippen molar-refractivity contribution in [3.05, 3.63) is 70.4 Å². The van der Waals surface area contributed by atoms with Crippen molar-refractivity contribution in [1.29, 1.82) is 0 Å². The van der Waals surface area contributed by atoms with E-state index in [1.54, 1.807) is 22.7 Å². The number of benzene rings is 1. The number of amides is 1. The lowest BCUT2D eigenvalue weighted by Gasteiger charge is -2.29. The molecule has 2 heterocycles. The number of rotatable bonds is 2. The maximum absolute atomic E-state index is 14.2. The van der Waals surface area contributed by atoms with Crippen molar-refractivity contribution in [1.82, 2.24) is 9.38 Å². The number of carbonyl (C=O) groups excluding carboxylic acids is 1. The van der Waals surface area contributed by atoms with Gasteiger partial charge in [0, 0.05) is 41.9 Å². The van der Waals surface area contributed by atoms with Crippen LogP contribution in [0.1, 0.15) is 33.2 Å². The highest BCUT2D eigenvalue weighted by molar-refractivity contribution is 5.93. The van der Waals surface area contributed by atoms with Crippen LogP contribution in [-0.4, -0.2) is 21.3 Å². The summed E-state index contributed by atoms with van der Waals surface area (Å²) in [5.41, 5.74) is 13.9. The van der Waals surface area contributed by atoms with Crippen molar-refractivity contribution in [3.63, 3.8) is 0 Å². The van der Waals surface area contributed by atoms with E-state index in [2.05, 4.69) is 4.98 Å². The number of nitrogens with zero attached hydrogens (tertiary/aromatic N) is 2. The Labute approximate surface area is 146 Å². The van der Waals surface area contributed by atoms with E-state index >= 15 is 0 Å². The van der Waals surface area contributed by atoms with Gasteiger partial charge in [0.25, 0.3) is 0 Å². The highest BCUT2D eigenvalue weighted by Gasteiger charge is 2.32. The molecule has 0 fully saturated rings. The van der Waals surface area contributed by atoms with Crippen LogP contribution in [-0.2, 0) is 12.8 Å². The first-order valence-electron chi connectivity index (χ1n) is 8.05. The normalized spacial score (nSPS) is 19.5. The summed E-state index contributed by atoms with van der Waals surface area (Å²) in [6, 6.07) is 4.07. The molecule has 0 saturated heterocycles. The molecule has 26 heavy (non-hydrogen) atoms. The lowest BCUT2D eigenvalue weighted by Crippen LogP contribution is -2.37. The minimum absolute atomic E-state index is 0.0388. The van der Waals surface area contributed by atoms with Gasteiger partial charge in [-0.25, -0.2) is 18.2 Å². The Morgan fingerprint density at radius 3 is 2.58 bits per heavy atom. The van der Waals surface area contributed by atoms with Crippen LogP contribution in [0.2, 0.25) is 0 Å². The lowest BCUT2D eigenvalue weighted by molar-refractivity contribution is 0.1000. The summed E-state index contributed by atoms with van der Waals surface area (Å²) in [6.45, 7) is 0. The molecule has 134 valence electrons. The second-order valence-corrected chi connectivity index (χ2v) is 6.48. The first-order chi connectivity index (χ1) is 12.3. The molecule has 2 atom stereocenters. The fourth-order valence-corrected chi connectivity index (χ4v) is 3.56. The van der Waals surface area contributed by atoms with Gasteiger partial charge < -0.3 is 15.9 Å². The van der Waals surface area contributed by atoms with Crippen LogP contribution in [0.4, 0.5) is 13.2 Å². The number of fused-ring (bicyclic) bond motifs is 3. The number of halogens is 3. The molecule has 3 aromatic rings. The van der Waals surface area contributed by atoms with Crippen LogP contribution >= 0.6 is 0 Å². The maximum Gasteiger partial charge on any atom is 0.248 e. The second-order valence-electron chi connectivity index (χ2n) is 6.48. The Morgan fingerprint density at radius 1 is 1.12 bits per heavy atom. The molecule has 0 radical (unpaired) electrons. The highest BCUT2D eigenvalue weighted by Crippen LogP contribution is 2.34. The van der Waals surface area contributed by atoms with Crippen LogP contribution in [0.3, 0.4) is 0 Å². The summed E-state index contributed by atoms with van der Waals surface area (Å²) in [7, 11) is 0. The molecule has 1 amide bonds. The van der Waals surface area contributed by atoms with Gasteiger partial charge in [-0.2, -0.15) is 0 Å². The standard InChI is InChI=1S/C18H15F3N4O/c19-11-6-13(21)12(20)4-9(11)10-5-15-16(7-14(10)22)25-2-1-8(18(23)26)3-17(25)24-15/h1-4,6,10,14H,5,7,22H2,(H2,23,26). The van der Waals surface area contributed by atoms with Crippen LogP contribution in [0.15, 0.2) is 30.5 Å². The number of aromatic nitrogens is 2. The molecule has 1 aromatic carbocycles. The van der Waals surface area contributed by atoms with Gasteiger partial charge >= 0.3 is 0 Å². The van der Waals surface area contributed by atoms with Gasteiger partial charge in [0.1, 0.15) is 11.5 Å². The molecule has 2 aromatic heterocycles. The van der Waals surface area contributed by atoms with Crippen molar-refractivity contribution in [2.45, 2.75) is 24.8 Å². The summed E-state index contributed by atoms with van der Waals surface area (Å²) in [5.74, 6) is -4.26. The largest absolute Gasteiger partial charge is 0.366 e. The summed E-state index contributed by atoms with van der Waals surface area (Å²) in [4.78, 5) is 15.8. The SMILES string of the molecule is NC(=O)c1ccn2c3c(nc2c1)CC(c1cc(F)c(F)cc1F)C(N)C3. The number of primary amides is 1. The van der Waals surface area contributed by atoms with Crippen molar-refractivity contribution in [3.8, 4) is 0 Å². The number of carbonyl (C=O) groups is 1. The Bertz CT molecular complexity index is 1050. The van der Waals surface area contributed by atoms with E-state index in [-0.39, 0.29) is 12.0 Å². The third-order valence-electron chi connectivity index (χ3n) is 4.89. The van der Waals surface area contributed by atoms with Crippen LogP contribution in [0, 0.1) is 17.5 Å². The molecule has 8 heteroatoms. The predicted molar refractivity (Wildman–Crippen MR) is 88.2 cm³/mol. The molecular formula is C18H15F3N4O. The average Bonchev–Trinajstić information content (AvgIpc) is 2.94. The molecular weight excluding hydrogens is 345 g/mol. The molecule has 5 nitrogen and oxygen atoms in total. The summed E-state index contributed by atoms with van der Waals surface area (Å²) < 4.78 is 42.8. The summed E-state index contributed by atoms with van der Waals surface area (Å²) >= 11 is 0. The van der Waals surface area contributed by atoms with Gasteiger partial charge in [-0.15, -0.1) is 0 Å². The third-order valence-corrected chi connectivity index (χ3v) is 4.89. The van der Waals surface area contributed by atoms with Crippen molar-refractivity contribution in [2.24, 2.45) is 11.5 Å². The molecule has 1 aliphatic rings. The van der Waals surface area contributed by atoms with Gasteiger partial charge in [0.2, 0.25) is 5.91 Å². The number of pyridine rings is 1. The molecule has 4 N–H and O–H groups in total. The molecule has 0 spiro atoms. The number of imidazole rings is 1. The molecule has 2 unspecified atom stereocenters. The zero-order valence-corrected chi connectivity index (χ0v) is 13.5. The minimum Gasteiger partial charge on any atom is -0.366 e. The highest BCUT2D eigenvalue weighted by atomic mass is 19.2. The van der Waals surface area contributed by atoms with E-state index in [4.69, 9.17) is 11.5 Å². The summed E-state index contributed by atoms with van der Waals surface area (Å²) in [5, 5.41) is 0. The fourth-order valence-electron chi connectivity index (χ4n) is 3.56. The minimum atomic E-state index is -1.23. The molecule has 0 saturated carbocycles. The molecule has 1 aliphatic carbocycles. The van der Waals surface area contributed by atoms with Crippen LogP contribution < -0.4 is 11.5 Å². The number of hydrogen-bond donors (Lipinski definition) is 2. The average molecular weight is 360 g/mol. The van der Waals surface area contributed by atoms with Crippen molar-refractivity contribution in [2.75, 3.05) is 0 Å². The topological polar surface area (TPSA) is 86.4 Å². The van der Waals surface area contributed by atoms with Gasteiger partial charge in [0.15, 0.2) is 11.6 Å². The lowest BCUT2D eigenvalue weighted by atomic mass is 9.80. The van der Waals surface area contributed by atoms with Gasteiger partial charge in [-0.3, -0.25) is 4.79 Å². The zero-order valence-electron chi connectivity index (χ0n) is 13.5. The van der Waals surface area contributed by atoms with Crippen molar-refractivity contribution < 1.29 is 18.0 Å². The number of hydrogen-bond acceptors (Lipinski definition) is 3.